The monoisotopic (exact) mass is 291 g/mol. The molecule has 0 spiro atoms. The van der Waals surface area contributed by atoms with Gasteiger partial charge in [-0.1, -0.05) is 12.5 Å². The molecule has 0 aromatic rings. The maximum atomic E-state index is 10.1. The number of rotatable bonds is 2. The quantitative estimate of drug-likeness (QED) is 0.795. The van der Waals surface area contributed by atoms with E-state index in [-0.39, 0.29) is 30.1 Å². The van der Waals surface area contributed by atoms with Gasteiger partial charge in [-0.3, -0.25) is 0 Å². The number of aliphatic hydroxyl groups is 1. The van der Waals surface area contributed by atoms with Crippen molar-refractivity contribution in [2.75, 3.05) is 6.61 Å². The predicted octanol–water partition coefficient (Wildman–Crippen LogP) is 2.92. The van der Waals surface area contributed by atoms with Crippen molar-refractivity contribution in [2.45, 2.75) is 70.9 Å². The molecule has 116 valence electrons. The lowest BCUT2D eigenvalue weighted by molar-refractivity contribution is -0.152. The second-order valence-electron chi connectivity index (χ2n) is 7.28. The molecule has 3 aliphatic rings. The highest BCUT2D eigenvalue weighted by molar-refractivity contribution is 5.35. The summed E-state index contributed by atoms with van der Waals surface area (Å²) in [5.41, 5.74) is 2.32. The molecule has 0 aromatic carbocycles. The summed E-state index contributed by atoms with van der Waals surface area (Å²) in [5.74, 6) is -0.615. The summed E-state index contributed by atoms with van der Waals surface area (Å²) < 4.78 is 12.3. The van der Waals surface area contributed by atoms with Gasteiger partial charge >= 0.3 is 0 Å². The lowest BCUT2D eigenvalue weighted by Crippen LogP contribution is -2.50. The number of hydrogen-bond donors (Lipinski definition) is 1. The molecule has 0 amide bonds. The molecule has 2 aliphatic carbocycles. The first-order valence-corrected chi connectivity index (χ1v) is 7.99. The van der Waals surface area contributed by atoms with Crippen LogP contribution in [0.5, 0.6) is 0 Å². The molecule has 1 heterocycles. The van der Waals surface area contributed by atoms with Gasteiger partial charge in [0, 0.05) is 17.8 Å². The molecule has 0 bridgehead atoms. The van der Waals surface area contributed by atoms with Crippen LogP contribution in [0.4, 0.5) is 0 Å². The fourth-order valence-electron chi connectivity index (χ4n) is 4.49. The van der Waals surface area contributed by atoms with Crippen molar-refractivity contribution in [1.29, 1.82) is 5.26 Å². The number of nitriles is 1. The highest BCUT2D eigenvalue weighted by atomic mass is 16.8. The molecule has 4 nitrogen and oxygen atoms in total. The van der Waals surface area contributed by atoms with Crippen LogP contribution < -0.4 is 0 Å². The first-order chi connectivity index (χ1) is 9.93. The van der Waals surface area contributed by atoms with Crippen molar-refractivity contribution in [1.82, 2.24) is 0 Å². The average Bonchev–Trinajstić information content (AvgIpc) is 2.79. The molecule has 0 aromatic heterocycles. The Morgan fingerprint density at radius 2 is 1.95 bits per heavy atom. The molecule has 0 saturated carbocycles. The molecule has 0 unspecified atom stereocenters. The van der Waals surface area contributed by atoms with Crippen LogP contribution >= 0.6 is 0 Å². The van der Waals surface area contributed by atoms with Gasteiger partial charge < -0.3 is 14.6 Å². The summed E-state index contributed by atoms with van der Waals surface area (Å²) in [6.07, 6.45) is 4.63. The first-order valence-electron chi connectivity index (χ1n) is 7.99. The fraction of sp³-hybridized carbons (Fsp3) is 0.824. The van der Waals surface area contributed by atoms with E-state index in [1.54, 1.807) is 0 Å². The largest absolute Gasteiger partial charge is 0.395 e. The Balaban J connectivity index is 2.10. The van der Waals surface area contributed by atoms with E-state index in [1.807, 2.05) is 13.8 Å². The Hall–Kier alpha value is -0.890. The SMILES string of the molecule is CC1(C)O[C@@H]2[C@H](O1)C1=C(CCCC1)[C@@](C)(CO)[C@H]2CC#N. The summed E-state index contributed by atoms with van der Waals surface area (Å²) in [6, 6.07) is 2.29. The second-order valence-corrected chi connectivity index (χ2v) is 7.28. The van der Waals surface area contributed by atoms with Crippen LogP contribution in [-0.4, -0.2) is 29.7 Å². The van der Waals surface area contributed by atoms with Crippen LogP contribution in [-0.2, 0) is 9.47 Å². The van der Waals surface area contributed by atoms with E-state index in [4.69, 9.17) is 9.47 Å². The second kappa shape index (κ2) is 5.08. The molecule has 1 N–H and O–H groups in total. The van der Waals surface area contributed by atoms with Crippen LogP contribution in [0.1, 0.15) is 52.9 Å². The Bertz CT molecular complexity index is 505. The zero-order chi connectivity index (χ0) is 15.3. The molecule has 4 heteroatoms. The summed E-state index contributed by atoms with van der Waals surface area (Å²) >= 11 is 0. The number of aliphatic hydroxyl groups excluding tert-OH is 1. The Labute approximate surface area is 126 Å². The van der Waals surface area contributed by atoms with Gasteiger partial charge in [0.2, 0.25) is 0 Å². The third kappa shape index (κ3) is 2.23. The molecule has 4 atom stereocenters. The highest BCUT2D eigenvalue weighted by Crippen LogP contribution is 2.55. The fourth-order valence-corrected chi connectivity index (χ4v) is 4.49. The van der Waals surface area contributed by atoms with E-state index < -0.39 is 5.79 Å². The molecular weight excluding hydrogens is 266 g/mol. The van der Waals surface area contributed by atoms with Crippen molar-refractivity contribution in [3.63, 3.8) is 0 Å². The number of fused-ring (bicyclic) bond motifs is 2. The topological polar surface area (TPSA) is 62.5 Å². The van der Waals surface area contributed by atoms with E-state index in [0.717, 1.165) is 19.3 Å². The van der Waals surface area contributed by atoms with Crippen LogP contribution in [0.15, 0.2) is 11.1 Å². The maximum Gasteiger partial charge on any atom is 0.164 e. The zero-order valence-corrected chi connectivity index (χ0v) is 13.2. The molecular formula is C17H25NO3. The molecule has 3 rings (SSSR count). The number of nitrogens with zero attached hydrogens (tertiary/aromatic N) is 1. The van der Waals surface area contributed by atoms with Crippen molar-refractivity contribution < 1.29 is 14.6 Å². The lowest BCUT2D eigenvalue weighted by atomic mass is 9.59. The minimum Gasteiger partial charge on any atom is -0.395 e. The van der Waals surface area contributed by atoms with Crippen LogP contribution in [0.3, 0.4) is 0 Å². The minimum absolute atomic E-state index is 0.00359. The van der Waals surface area contributed by atoms with E-state index in [9.17, 15) is 10.4 Å². The smallest absolute Gasteiger partial charge is 0.164 e. The van der Waals surface area contributed by atoms with Crippen molar-refractivity contribution >= 4 is 0 Å². The van der Waals surface area contributed by atoms with Gasteiger partial charge in [0.05, 0.1) is 18.8 Å². The minimum atomic E-state index is -0.612. The Morgan fingerprint density at radius 1 is 1.24 bits per heavy atom. The standard InChI is InChI=1S/C17H25NO3/c1-16(2)20-14-11-6-4-5-7-12(11)17(3,10-19)13(8-9-18)15(14)21-16/h13-15,19H,4-8,10H2,1-3H3/t13-,14+,15-,17+/m0/s1. The summed E-state index contributed by atoms with van der Waals surface area (Å²) in [5, 5.41) is 19.3. The van der Waals surface area contributed by atoms with Gasteiger partial charge in [0.15, 0.2) is 5.79 Å². The van der Waals surface area contributed by atoms with Crippen molar-refractivity contribution in [3.8, 4) is 6.07 Å². The van der Waals surface area contributed by atoms with Crippen molar-refractivity contribution in [2.24, 2.45) is 11.3 Å². The summed E-state index contributed by atoms with van der Waals surface area (Å²) in [7, 11) is 0. The van der Waals surface area contributed by atoms with Crippen LogP contribution in [0, 0.1) is 22.7 Å². The molecule has 0 radical (unpaired) electrons. The van der Waals surface area contributed by atoms with Gasteiger partial charge in [0.25, 0.3) is 0 Å². The third-order valence-electron chi connectivity index (χ3n) is 5.53. The Kier molecular flexibility index (Phi) is 3.64. The first kappa shape index (κ1) is 15.0. The average molecular weight is 291 g/mol. The van der Waals surface area contributed by atoms with E-state index in [1.165, 1.54) is 17.6 Å². The summed E-state index contributed by atoms with van der Waals surface area (Å²) in [4.78, 5) is 0. The van der Waals surface area contributed by atoms with E-state index in [2.05, 4.69) is 13.0 Å². The Morgan fingerprint density at radius 3 is 2.62 bits per heavy atom. The van der Waals surface area contributed by atoms with E-state index >= 15 is 0 Å². The summed E-state index contributed by atoms with van der Waals surface area (Å²) in [6.45, 7) is 6.05. The predicted molar refractivity (Wildman–Crippen MR) is 78.2 cm³/mol. The van der Waals surface area contributed by atoms with Gasteiger partial charge in [-0.05, 0) is 45.1 Å². The third-order valence-corrected chi connectivity index (χ3v) is 5.53. The van der Waals surface area contributed by atoms with E-state index in [0.29, 0.717) is 6.42 Å². The molecule has 1 aliphatic heterocycles. The van der Waals surface area contributed by atoms with Gasteiger partial charge in [0.1, 0.15) is 6.10 Å². The normalized spacial score (nSPS) is 41.4. The van der Waals surface area contributed by atoms with Gasteiger partial charge in [-0.2, -0.15) is 5.26 Å². The lowest BCUT2D eigenvalue weighted by Gasteiger charge is -2.48. The molecule has 1 saturated heterocycles. The van der Waals surface area contributed by atoms with Crippen molar-refractivity contribution in [3.05, 3.63) is 11.1 Å². The number of hydrogen-bond acceptors (Lipinski definition) is 4. The zero-order valence-electron chi connectivity index (χ0n) is 13.2. The molecule has 1 fully saturated rings. The number of ether oxygens (including phenoxy) is 2. The van der Waals surface area contributed by atoms with Crippen LogP contribution in [0.25, 0.3) is 0 Å². The molecule has 21 heavy (non-hydrogen) atoms. The van der Waals surface area contributed by atoms with Gasteiger partial charge in [-0.25, -0.2) is 0 Å². The van der Waals surface area contributed by atoms with Gasteiger partial charge in [-0.15, -0.1) is 0 Å². The maximum absolute atomic E-state index is 10.1. The highest BCUT2D eigenvalue weighted by Gasteiger charge is 2.57. The van der Waals surface area contributed by atoms with Crippen LogP contribution in [0.2, 0.25) is 0 Å².